The first-order valence-corrected chi connectivity index (χ1v) is 15.3. The monoisotopic (exact) mass is 581 g/mol. The second-order valence-corrected chi connectivity index (χ2v) is 11.8. The van der Waals surface area contributed by atoms with Crippen LogP contribution in [0, 0.1) is 0 Å². The zero-order chi connectivity index (χ0) is 30.0. The van der Waals surface area contributed by atoms with E-state index in [-0.39, 0.29) is 18.5 Å². The highest BCUT2D eigenvalue weighted by atomic mass is 32.2. The fourth-order valence-electron chi connectivity index (χ4n) is 4.04. The molecule has 0 bridgehead atoms. The lowest BCUT2D eigenvalue weighted by Gasteiger charge is -2.32. The smallest absolute Gasteiger partial charge is 0.244 e. The molecule has 10 heteroatoms. The number of hydrogen-bond acceptors (Lipinski definition) is 6. The Balaban J connectivity index is 1.82. The van der Waals surface area contributed by atoms with Crippen molar-refractivity contribution in [3.63, 3.8) is 0 Å². The summed E-state index contributed by atoms with van der Waals surface area (Å²) in [6.45, 7) is 5.49. The first-order valence-electron chi connectivity index (χ1n) is 13.5. The van der Waals surface area contributed by atoms with E-state index in [4.69, 9.17) is 9.47 Å². The van der Waals surface area contributed by atoms with Crippen molar-refractivity contribution in [1.82, 2.24) is 10.2 Å². The Morgan fingerprint density at radius 1 is 0.878 bits per heavy atom. The van der Waals surface area contributed by atoms with Crippen LogP contribution in [-0.2, 0) is 32.8 Å². The highest BCUT2D eigenvalue weighted by Crippen LogP contribution is 2.23. The van der Waals surface area contributed by atoms with Gasteiger partial charge in [-0.1, -0.05) is 49.4 Å². The number of carbonyl (C=O) groups excluding carboxylic acids is 2. The van der Waals surface area contributed by atoms with Crippen molar-refractivity contribution in [2.45, 2.75) is 52.4 Å². The minimum atomic E-state index is -3.84. The summed E-state index contributed by atoms with van der Waals surface area (Å²) in [6, 6.07) is 22.5. The van der Waals surface area contributed by atoms with E-state index >= 15 is 0 Å². The number of benzene rings is 3. The molecule has 0 unspecified atom stereocenters. The Morgan fingerprint density at radius 3 is 2.05 bits per heavy atom. The Labute approximate surface area is 243 Å². The quantitative estimate of drug-likeness (QED) is 0.303. The zero-order valence-electron chi connectivity index (χ0n) is 24.2. The molecule has 3 aromatic carbocycles. The van der Waals surface area contributed by atoms with E-state index in [0.29, 0.717) is 23.8 Å². The van der Waals surface area contributed by atoms with Crippen molar-refractivity contribution in [2.24, 2.45) is 0 Å². The Bertz CT molecular complexity index is 1380. The average molecular weight is 582 g/mol. The number of ether oxygens (including phenoxy) is 2. The number of rotatable bonds is 14. The molecule has 3 aromatic rings. The number of amides is 2. The van der Waals surface area contributed by atoms with Crippen molar-refractivity contribution in [1.29, 1.82) is 0 Å². The maximum absolute atomic E-state index is 13.7. The molecule has 0 saturated heterocycles. The third-order valence-electron chi connectivity index (χ3n) is 6.73. The van der Waals surface area contributed by atoms with Gasteiger partial charge in [-0.3, -0.25) is 13.9 Å². The van der Waals surface area contributed by atoms with Gasteiger partial charge >= 0.3 is 0 Å². The van der Waals surface area contributed by atoms with Gasteiger partial charge in [0.15, 0.2) is 0 Å². The van der Waals surface area contributed by atoms with Crippen LogP contribution in [0.4, 0.5) is 5.69 Å². The molecule has 0 heterocycles. The van der Waals surface area contributed by atoms with Gasteiger partial charge in [-0.2, -0.15) is 0 Å². The van der Waals surface area contributed by atoms with Crippen LogP contribution in [0.25, 0.3) is 0 Å². The van der Waals surface area contributed by atoms with Gasteiger partial charge in [0.1, 0.15) is 30.7 Å². The lowest BCUT2D eigenvalue weighted by atomic mass is 10.1. The predicted molar refractivity (Wildman–Crippen MR) is 160 cm³/mol. The Morgan fingerprint density at radius 2 is 1.49 bits per heavy atom. The van der Waals surface area contributed by atoms with Gasteiger partial charge in [0.2, 0.25) is 21.8 Å². The zero-order valence-corrected chi connectivity index (χ0v) is 25.1. The molecule has 0 aliphatic rings. The van der Waals surface area contributed by atoms with Gasteiger partial charge in [0.25, 0.3) is 0 Å². The van der Waals surface area contributed by atoms with Gasteiger partial charge in [-0.15, -0.1) is 0 Å². The lowest BCUT2D eigenvalue weighted by molar-refractivity contribution is -0.139. The summed E-state index contributed by atoms with van der Waals surface area (Å²) in [4.78, 5) is 28.1. The van der Waals surface area contributed by atoms with Gasteiger partial charge in [0, 0.05) is 12.6 Å². The van der Waals surface area contributed by atoms with E-state index in [1.54, 1.807) is 62.6 Å². The third kappa shape index (κ3) is 9.24. The molecule has 0 spiro atoms. The summed E-state index contributed by atoms with van der Waals surface area (Å²) in [5.41, 5.74) is 2.09. The number of methoxy groups -OCH3 is 1. The van der Waals surface area contributed by atoms with E-state index in [1.807, 2.05) is 44.2 Å². The molecule has 2 atom stereocenters. The number of hydrogen-bond donors (Lipinski definition) is 1. The third-order valence-corrected chi connectivity index (χ3v) is 7.87. The average Bonchev–Trinajstić information content (AvgIpc) is 2.97. The van der Waals surface area contributed by atoms with E-state index in [2.05, 4.69) is 5.32 Å². The molecule has 0 fully saturated rings. The number of nitrogens with one attached hydrogen (secondary N) is 1. The van der Waals surface area contributed by atoms with Crippen LogP contribution in [-0.4, -0.2) is 57.1 Å². The Hall–Kier alpha value is -4.05. The molecule has 1 N–H and O–H groups in total. The molecule has 3 rings (SSSR count). The largest absolute Gasteiger partial charge is 0.497 e. The van der Waals surface area contributed by atoms with E-state index in [0.717, 1.165) is 28.1 Å². The first kappa shape index (κ1) is 31.5. The van der Waals surface area contributed by atoms with E-state index in [9.17, 15) is 18.0 Å². The highest BCUT2D eigenvalue weighted by Gasteiger charge is 2.30. The summed E-state index contributed by atoms with van der Waals surface area (Å²) in [5, 5.41) is 2.92. The second-order valence-electron chi connectivity index (χ2n) is 9.90. The summed E-state index contributed by atoms with van der Waals surface area (Å²) in [5.74, 6) is 0.400. The molecule has 41 heavy (non-hydrogen) atoms. The van der Waals surface area contributed by atoms with Crippen molar-refractivity contribution < 1.29 is 27.5 Å². The molecule has 0 aromatic heterocycles. The van der Waals surface area contributed by atoms with Crippen LogP contribution < -0.4 is 19.1 Å². The summed E-state index contributed by atoms with van der Waals surface area (Å²) < 4.78 is 37.7. The first-order chi connectivity index (χ1) is 19.5. The number of carbonyl (C=O) groups is 2. The molecular formula is C31H39N3O6S. The topological polar surface area (TPSA) is 105 Å². The molecule has 2 amide bonds. The molecule has 9 nitrogen and oxygen atoms in total. The molecular weight excluding hydrogens is 542 g/mol. The molecule has 0 radical (unpaired) electrons. The van der Waals surface area contributed by atoms with Crippen LogP contribution in [0.3, 0.4) is 0 Å². The lowest BCUT2D eigenvalue weighted by Crippen LogP contribution is -2.52. The van der Waals surface area contributed by atoms with Crippen LogP contribution in [0.5, 0.6) is 11.5 Å². The van der Waals surface area contributed by atoms with Crippen molar-refractivity contribution in [3.05, 3.63) is 90.0 Å². The standard InChI is InChI=1S/C31H39N3O6S/c1-6-23(2)32-31(36)24(3)33(20-25-12-16-28(39-4)17-13-25)30(35)21-34(41(5,37)38)27-14-18-29(19-15-27)40-22-26-10-8-7-9-11-26/h7-19,23-24H,6,20-22H2,1-5H3,(H,32,36)/t23-,24+/m0/s1. The maximum Gasteiger partial charge on any atom is 0.244 e. The van der Waals surface area contributed by atoms with Crippen molar-refractivity contribution in [3.8, 4) is 11.5 Å². The summed E-state index contributed by atoms with van der Waals surface area (Å²) >= 11 is 0. The fraction of sp³-hybridized carbons (Fsp3) is 0.355. The predicted octanol–water partition coefficient (Wildman–Crippen LogP) is 4.37. The van der Waals surface area contributed by atoms with Gasteiger partial charge in [-0.05, 0) is 67.8 Å². The normalized spacial score (nSPS) is 12.6. The van der Waals surface area contributed by atoms with Gasteiger partial charge in [0.05, 0.1) is 19.1 Å². The number of sulfonamides is 1. The van der Waals surface area contributed by atoms with Gasteiger partial charge < -0.3 is 19.7 Å². The molecule has 0 aliphatic heterocycles. The minimum absolute atomic E-state index is 0.0713. The van der Waals surface area contributed by atoms with E-state index in [1.165, 1.54) is 4.90 Å². The molecule has 220 valence electrons. The maximum atomic E-state index is 13.7. The van der Waals surface area contributed by atoms with Crippen LogP contribution in [0.15, 0.2) is 78.9 Å². The summed E-state index contributed by atoms with van der Waals surface area (Å²) in [6.07, 6.45) is 1.78. The van der Waals surface area contributed by atoms with Crippen LogP contribution >= 0.6 is 0 Å². The second kappa shape index (κ2) is 14.5. The van der Waals surface area contributed by atoms with Crippen LogP contribution in [0.2, 0.25) is 0 Å². The highest BCUT2D eigenvalue weighted by molar-refractivity contribution is 7.92. The summed E-state index contributed by atoms with van der Waals surface area (Å²) in [7, 11) is -2.27. The number of nitrogens with zero attached hydrogens (tertiary/aromatic N) is 2. The van der Waals surface area contributed by atoms with Crippen LogP contribution in [0.1, 0.15) is 38.3 Å². The SMILES string of the molecule is CC[C@H](C)NC(=O)[C@@H](C)N(Cc1ccc(OC)cc1)C(=O)CN(c1ccc(OCc2ccccc2)cc1)S(C)(=O)=O. The van der Waals surface area contributed by atoms with E-state index < -0.39 is 28.5 Å². The fourth-order valence-corrected chi connectivity index (χ4v) is 4.89. The molecule has 0 aliphatic carbocycles. The molecule has 0 saturated carbocycles. The minimum Gasteiger partial charge on any atom is -0.497 e. The number of anilines is 1. The Kier molecular flexibility index (Phi) is 11.2. The van der Waals surface area contributed by atoms with Crippen molar-refractivity contribution >= 4 is 27.5 Å². The van der Waals surface area contributed by atoms with Gasteiger partial charge in [-0.25, -0.2) is 8.42 Å². The van der Waals surface area contributed by atoms with Crippen molar-refractivity contribution in [2.75, 3.05) is 24.2 Å².